The molecule has 0 saturated carbocycles. The van der Waals surface area contributed by atoms with Crippen LogP contribution in [0.25, 0.3) is 0 Å². The van der Waals surface area contributed by atoms with Crippen LogP contribution in [0.2, 0.25) is 0 Å². The Balaban J connectivity index is 1.91. The predicted molar refractivity (Wildman–Crippen MR) is 82.1 cm³/mol. The standard InChI is InChI=1S/C17H23N3/c1-4-20-16(9-14(3)19-20)10-17(11-18-12-17)15-7-5-13(2)6-8-15/h5-9,18H,4,10-12H2,1-3H3. The molecular weight excluding hydrogens is 246 g/mol. The van der Waals surface area contributed by atoms with E-state index in [0.717, 1.165) is 31.7 Å². The molecule has 0 unspecified atom stereocenters. The third-order valence-corrected chi connectivity index (χ3v) is 4.40. The maximum absolute atomic E-state index is 4.58. The molecule has 0 atom stereocenters. The van der Waals surface area contributed by atoms with E-state index >= 15 is 0 Å². The van der Waals surface area contributed by atoms with E-state index in [-0.39, 0.29) is 5.41 Å². The van der Waals surface area contributed by atoms with Crippen LogP contribution in [-0.2, 0) is 18.4 Å². The Morgan fingerprint density at radius 2 is 1.90 bits per heavy atom. The second-order valence-electron chi connectivity index (χ2n) is 6.02. The predicted octanol–water partition coefficient (Wildman–Crippen LogP) is 2.60. The van der Waals surface area contributed by atoms with Crippen LogP contribution in [0.15, 0.2) is 30.3 Å². The summed E-state index contributed by atoms with van der Waals surface area (Å²) in [4.78, 5) is 0. The van der Waals surface area contributed by atoms with E-state index in [2.05, 4.69) is 66.2 Å². The highest BCUT2D eigenvalue weighted by atomic mass is 15.3. The zero-order valence-corrected chi connectivity index (χ0v) is 12.6. The van der Waals surface area contributed by atoms with Crippen molar-refractivity contribution in [2.24, 2.45) is 0 Å². The Morgan fingerprint density at radius 1 is 1.20 bits per heavy atom. The summed E-state index contributed by atoms with van der Waals surface area (Å²) in [5, 5.41) is 8.03. The molecule has 0 bridgehead atoms. The van der Waals surface area contributed by atoms with Crippen LogP contribution in [0, 0.1) is 13.8 Å². The van der Waals surface area contributed by atoms with Crippen LogP contribution < -0.4 is 5.32 Å². The molecule has 1 fully saturated rings. The van der Waals surface area contributed by atoms with Gasteiger partial charge in [-0.2, -0.15) is 5.10 Å². The number of aromatic nitrogens is 2. The molecule has 0 radical (unpaired) electrons. The number of rotatable bonds is 4. The number of hydrogen-bond donors (Lipinski definition) is 1. The van der Waals surface area contributed by atoms with Crippen molar-refractivity contribution >= 4 is 0 Å². The van der Waals surface area contributed by atoms with Crippen molar-refractivity contribution < 1.29 is 0 Å². The van der Waals surface area contributed by atoms with Gasteiger partial charge in [0.15, 0.2) is 0 Å². The van der Waals surface area contributed by atoms with Crippen LogP contribution in [0.3, 0.4) is 0 Å². The van der Waals surface area contributed by atoms with Gasteiger partial charge in [0.1, 0.15) is 0 Å². The van der Waals surface area contributed by atoms with Crippen molar-refractivity contribution in [1.82, 2.24) is 15.1 Å². The first-order chi connectivity index (χ1) is 9.63. The van der Waals surface area contributed by atoms with Crippen molar-refractivity contribution in [2.75, 3.05) is 13.1 Å². The van der Waals surface area contributed by atoms with Gasteiger partial charge in [0.25, 0.3) is 0 Å². The van der Waals surface area contributed by atoms with Crippen molar-refractivity contribution in [3.63, 3.8) is 0 Å². The van der Waals surface area contributed by atoms with Crippen molar-refractivity contribution in [3.8, 4) is 0 Å². The lowest BCUT2D eigenvalue weighted by molar-refractivity contribution is 0.269. The third kappa shape index (κ3) is 2.27. The maximum atomic E-state index is 4.58. The second kappa shape index (κ2) is 5.06. The van der Waals surface area contributed by atoms with E-state index in [1.165, 1.54) is 16.8 Å². The van der Waals surface area contributed by atoms with Gasteiger partial charge in [0.2, 0.25) is 0 Å². The van der Waals surface area contributed by atoms with Gasteiger partial charge in [-0.1, -0.05) is 29.8 Å². The summed E-state index contributed by atoms with van der Waals surface area (Å²) in [6, 6.07) is 11.2. The van der Waals surface area contributed by atoms with E-state index < -0.39 is 0 Å². The molecular formula is C17H23N3. The highest BCUT2D eigenvalue weighted by Gasteiger charge is 2.39. The SMILES string of the molecule is CCn1nc(C)cc1CC1(c2ccc(C)cc2)CNC1. The van der Waals surface area contributed by atoms with Crippen molar-refractivity contribution in [2.45, 2.75) is 39.2 Å². The van der Waals surface area contributed by atoms with Gasteiger partial charge in [-0.15, -0.1) is 0 Å². The van der Waals surface area contributed by atoms with Gasteiger partial charge in [-0.3, -0.25) is 4.68 Å². The van der Waals surface area contributed by atoms with Crippen LogP contribution in [0.4, 0.5) is 0 Å². The Bertz CT molecular complexity index is 591. The zero-order chi connectivity index (χ0) is 14.2. The molecule has 20 heavy (non-hydrogen) atoms. The lowest BCUT2D eigenvalue weighted by Crippen LogP contribution is -2.58. The number of aryl methyl sites for hydroxylation is 3. The van der Waals surface area contributed by atoms with Crippen molar-refractivity contribution in [3.05, 3.63) is 52.8 Å². The first kappa shape index (κ1) is 13.4. The van der Waals surface area contributed by atoms with Gasteiger partial charge in [0.05, 0.1) is 5.69 Å². The van der Waals surface area contributed by atoms with Crippen molar-refractivity contribution in [1.29, 1.82) is 0 Å². The number of benzene rings is 1. The van der Waals surface area contributed by atoms with Gasteiger partial charge in [-0.05, 0) is 32.4 Å². The van der Waals surface area contributed by atoms with Gasteiger partial charge >= 0.3 is 0 Å². The molecule has 2 heterocycles. The van der Waals surface area contributed by atoms with Gasteiger partial charge in [0, 0.05) is 37.2 Å². The first-order valence-corrected chi connectivity index (χ1v) is 7.44. The topological polar surface area (TPSA) is 29.9 Å². The molecule has 2 aromatic rings. The van der Waals surface area contributed by atoms with E-state index in [9.17, 15) is 0 Å². The highest BCUT2D eigenvalue weighted by Crippen LogP contribution is 2.33. The molecule has 0 aliphatic carbocycles. The second-order valence-corrected chi connectivity index (χ2v) is 6.02. The monoisotopic (exact) mass is 269 g/mol. The molecule has 1 aliphatic rings. The minimum atomic E-state index is 0.243. The number of hydrogen-bond acceptors (Lipinski definition) is 2. The molecule has 1 aliphatic heterocycles. The van der Waals surface area contributed by atoms with Crippen LogP contribution >= 0.6 is 0 Å². The summed E-state index contributed by atoms with van der Waals surface area (Å²) in [6.07, 6.45) is 1.07. The summed E-state index contributed by atoms with van der Waals surface area (Å²) >= 11 is 0. The summed E-state index contributed by atoms with van der Waals surface area (Å²) < 4.78 is 2.14. The van der Waals surface area contributed by atoms with E-state index in [1.54, 1.807) is 0 Å². The molecule has 3 heteroatoms. The average molecular weight is 269 g/mol. The molecule has 3 rings (SSSR count). The molecule has 1 saturated heterocycles. The molecule has 1 aromatic heterocycles. The van der Waals surface area contributed by atoms with Crippen LogP contribution in [0.5, 0.6) is 0 Å². The summed E-state index contributed by atoms with van der Waals surface area (Å²) in [5.41, 5.74) is 5.49. The lowest BCUT2D eigenvalue weighted by Gasteiger charge is -2.43. The lowest BCUT2D eigenvalue weighted by atomic mass is 9.71. The molecule has 3 nitrogen and oxygen atoms in total. The van der Waals surface area contributed by atoms with E-state index in [4.69, 9.17) is 0 Å². The maximum Gasteiger partial charge on any atom is 0.0596 e. The summed E-state index contributed by atoms with van der Waals surface area (Å²) in [5.74, 6) is 0. The third-order valence-electron chi connectivity index (χ3n) is 4.40. The highest BCUT2D eigenvalue weighted by molar-refractivity contribution is 5.34. The van der Waals surface area contributed by atoms with E-state index in [0.29, 0.717) is 0 Å². The fraction of sp³-hybridized carbons (Fsp3) is 0.471. The number of nitrogens with zero attached hydrogens (tertiary/aromatic N) is 2. The Labute approximate surface area is 121 Å². The quantitative estimate of drug-likeness (QED) is 0.924. The molecule has 0 amide bonds. The number of nitrogens with one attached hydrogen (secondary N) is 1. The van der Waals surface area contributed by atoms with Crippen LogP contribution in [-0.4, -0.2) is 22.9 Å². The van der Waals surface area contributed by atoms with Gasteiger partial charge < -0.3 is 5.32 Å². The molecule has 0 spiro atoms. The normalized spacial score (nSPS) is 16.9. The Hall–Kier alpha value is -1.61. The first-order valence-electron chi connectivity index (χ1n) is 7.44. The zero-order valence-electron chi connectivity index (χ0n) is 12.6. The fourth-order valence-corrected chi connectivity index (χ4v) is 3.13. The smallest absolute Gasteiger partial charge is 0.0596 e. The van der Waals surface area contributed by atoms with E-state index in [1.807, 2.05) is 0 Å². The average Bonchev–Trinajstić information content (AvgIpc) is 2.75. The summed E-state index contributed by atoms with van der Waals surface area (Å²) in [7, 11) is 0. The Morgan fingerprint density at radius 3 is 2.45 bits per heavy atom. The summed E-state index contributed by atoms with van der Waals surface area (Å²) in [6.45, 7) is 9.44. The molecule has 1 aromatic carbocycles. The Kier molecular flexibility index (Phi) is 3.38. The fourth-order valence-electron chi connectivity index (χ4n) is 3.13. The minimum Gasteiger partial charge on any atom is -0.315 e. The molecule has 1 N–H and O–H groups in total. The van der Waals surface area contributed by atoms with Crippen LogP contribution in [0.1, 0.15) is 29.4 Å². The largest absolute Gasteiger partial charge is 0.315 e. The minimum absolute atomic E-state index is 0.243. The van der Waals surface area contributed by atoms with Gasteiger partial charge in [-0.25, -0.2) is 0 Å². The molecule has 106 valence electrons.